The Morgan fingerprint density at radius 3 is 2.72 bits per heavy atom. The topological polar surface area (TPSA) is 72.6 Å². The molecular weight excluding hydrogens is 237 g/mol. The molecule has 0 aliphatic carbocycles. The summed E-state index contributed by atoms with van der Waals surface area (Å²) in [6.45, 7) is 2.05. The van der Waals surface area contributed by atoms with Crippen molar-refractivity contribution in [1.82, 2.24) is 0 Å². The van der Waals surface area contributed by atoms with E-state index in [4.69, 9.17) is 15.6 Å². The molecule has 0 saturated carbocycles. The molecule has 5 heteroatoms. The Hall–Kier alpha value is -1.62. The first kappa shape index (κ1) is 14.4. The molecule has 0 heterocycles. The zero-order chi connectivity index (χ0) is 13.5. The maximum atomic E-state index is 13.3. The molecule has 100 valence electrons. The summed E-state index contributed by atoms with van der Waals surface area (Å²) < 4.78 is 18.8. The van der Waals surface area contributed by atoms with Gasteiger partial charge in [0.25, 0.3) is 0 Å². The molecule has 0 spiro atoms. The Labute approximate surface area is 106 Å². The number of halogens is 1. The minimum Gasteiger partial charge on any atom is -0.488 e. The average molecular weight is 255 g/mol. The van der Waals surface area contributed by atoms with Gasteiger partial charge in [-0.15, -0.1) is 0 Å². The summed E-state index contributed by atoms with van der Waals surface area (Å²) in [5, 5.41) is 8.71. The lowest BCUT2D eigenvalue weighted by molar-refractivity contribution is -0.138. The number of para-hydroxylation sites is 1. The van der Waals surface area contributed by atoms with Gasteiger partial charge in [0.2, 0.25) is 0 Å². The molecule has 0 aliphatic rings. The van der Waals surface area contributed by atoms with E-state index in [2.05, 4.69) is 0 Å². The van der Waals surface area contributed by atoms with Crippen LogP contribution in [0.5, 0.6) is 5.75 Å². The third kappa shape index (κ3) is 4.71. The molecule has 1 aromatic carbocycles. The van der Waals surface area contributed by atoms with Crippen LogP contribution in [0, 0.1) is 11.7 Å². The van der Waals surface area contributed by atoms with E-state index >= 15 is 0 Å². The second-order valence-corrected chi connectivity index (χ2v) is 4.29. The Kier molecular flexibility index (Phi) is 5.58. The van der Waals surface area contributed by atoms with Crippen LogP contribution in [-0.2, 0) is 4.79 Å². The molecule has 0 radical (unpaired) electrons. The molecule has 0 aliphatic heterocycles. The number of hydrogen-bond acceptors (Lipinski definition) is 3. The van der Waals surface area contributed by atoms with Crippen LogP contribution < -0.4 is 10.5 Å². The van der Waals surface area contributed by atoms with Crippen LogP contribution in [0.1, 0.15) is 19.8 Å². The number of carbonyl (C=O) groups is 1. The van der Waals surface area contributed by atoms with Crippen molar-refractivity contribution in [2.75, 3.05) is 6.54 Å². The van der Waals surface area contributed by atoms with E-state index in [-0.39, 0.29) is 30.7 Å². The highest BCUT2D eigenvalue weighted by Crippen LogP contribution is 2.20. The fourth-order valence-corrected chi connectivity index (χ4v) is 1.78. The van der Waals surface area contributed by atoms with Crippen LogP contribution in [0.25, 0.3) is 0 Å². The van der Waals surface area contributed by atoms with Gasteiger partial charge in [0.05, 0.1) is 6.10 Å². The summed E-state index contributed by atoms with van der Waals surface area (Å²) in [7, 11) is 0. The predicted octanol–water partition coefficient (Wildman–Crippen LogP) is 2.03. The Morgan fingerprint density at radius 2 is 2.17 bits per heavy atom. The maximum Gasteiger partial charge on any atom is 0.303 e. The lowest BCUT2D eigenvalue weighted by Crippen LogP contribution is -2.25. The van der Waals surface area contributed by atoms with E-state index in [0.717, 1.165) is 0 Å². The zero-order valence-electron chi connectivity index (χ0n) is 10.3. The Bertz CT molecular complexity index is 398. The van der Waals surface area contributed by atoms with E-state index < -0.39 is 11.8 Å². The van der Waals surface area contributed by atoms with Crippen LogP contribution >= 0.6 is 0 Å². The standard InChI is InChI=1S/C13H18FNO3/c1-9(6-10(8-15)7-13(16)17)18-12-5-3-2-4-11(12)14/h2-5,9-10H,6-8,15H2,1H3,(H,16,17). The smallest absolute Gasteiger partial charge is 0.303 e. The van der Waals surface area contributed by atoms with Gasteiger partial charge in [0.15, 0.2) is 11.6 Å². The van der Waals surface area contributed by atoms with Gasteiger partial charge in [0, 0.05) is 6.42 Å². The van der Waals surface area contributed by atoms with Gasteiger partial charge in [-0.05, 0) is 37.9 Å². The van der Waals surface area contributed by atoms with Gasteiger partial charge in [-0.25, -0.2) is 4.39 Å². The van der Waals surface area contributed by atoms with Gasteiger partial charge in [0.1, 0.15) is 0 Å². The number of ether oxygens (including phenoxy) is 1. The lowest BCUT2D eigenvalue weighted by Gasteiger charge is -2.19. The quantitative estimate of drug-likeness (QED) is 0.782. The highest BCUT2D eigenvalue weighted by atomic mass is 19.1. The molecule has 4 nitrogen and oxygen atoms in total. The molecule has 0 fully saturated rings. The van der Waals surface area contributed by atoms with Crippen molar-refractivity contribution in [3.8, 4) is 5.75 Å². The molecule has 0 bridgehead atoms. The van der Waals surface area contributed by atoms with Crippen molar-refractivity contribution >= 4 is 5.97 Å². The van der Waals surface area contributed by atoms with E-state index in [0.29, 0.717) is 6.42 Å². The fourth-order valence-electron chi connectivity index (χ4n) is 1.78. The normalized spacial score (nSPS) is 13.9. The van der Waals surface area contributed by atoms with Crippen LogP contribution in [0.15, 0.2) is 24.3 Å². The fraction of sp³-hybridized carbons (Fsp3) is 0.462. The molecule has 0 aromatic heterocycles. The largest absolute Gasteiger partial charge is 0.488 e. The van der Waals surface area contributed by atoms with Crippen molar-refractivity contribution < 1.29 is 19.0 Å². The van der Waals surface area contributed by atoms with E-state index in [1.165, 1.54) is 6.07 Å². The minimum absolute atomic E-state index is 0.00146. The lowest BCUT2D eigenvalue weighted by atomic mass is 9.99. The number of rotatable bonds is 7. The van der Waals surface area contributed by atoms with Crippen molar-refractivity contribution in [2.24, 2.45) is 11.7 Å². The Morgan fingerprint density at radius 1 is 1.50 bits per heavy atom. The minimum atomic E-state index is -0.886. The zero-order valence-corrected chi connectivity index (χ0v) is 10.3. The number of hydrogen-bond donors (Lipinski definition) is 2. The highest BCUT2D eigenvalue weighted by molar-refractivity contribution is 5.67. The number of benzene rings is 1. The van der Waals surface area contributed by atoms with Crippen LogP contribution in [0.3, 0.4) is 0 Å². The molecule has 2 unspecified atom stereocenters. The van der Waals surface area contributed by atoms with Gasteiger partial charge < -0.3 is 15.6 Å². The molecular formula is C13H18FNO3. The Balaban J connectivity index is 2.52. The predicted molar refractivity (Wildman–Crippen MR) is 65.9 cm³/mol. The van der Waals surface area contributed by atoms with Gasteiger partial charge in [-0.2, -0.15) is 0 Å². The number of aliphatic carboxylic acids is 1. The second-order valence-electron chi connectivity index (χ2n) is 4.29. The maximum absolute atomic E-state index is 13.3. The number of carboxylic acid groups (broad SMARTS) is 1. The van der Waals surface area contributed by atoms with Crippen molar-refractivity contribution in [1.29, 1.82) is 0 Å². The summed E-state index contributed by atoms with van der Waals surface area (Å²) in [5.74, 6) is -1.30. The highest BCUT2D eigenvalue weighted by Gasteiger charge is 2.17. The van der Waals surface area contributed by atoms with Crippen molar-refractivity contribution in [2.45, 2.75) is 25.9 Å². The first-order valence-electron chi connectivity index (χ1n) is 5.86. The molecule has 18 heavy (non-hydrogen) atoms. The first-order chi connectivity index (χ1) is 8.52. The third-order valence-corrected chi connectivity index (χ3v) is 2.63. The summed E-state index contributed by atoms with van der Waals surface area (Å²) in [6.07, 6.45) is 0.202. The summed E-state index contributed by atoms with van der Waals surface area (Å²) in [5.41, 5.74) is 5.50. The average Bonchev–Trinajstić information content (AvgIpc) is 2.30. The van der Waals surface area contributed by atoms with Crippen molar-refractivity contribution in [3.63, 3.8) is 0 Å². The van der Waals surface area contributed by atoms with Gasteiger partial charge >= 0.3 is 5.97 Å². The third-order valence-electron chi connectivity index (χ3n) is 2.63. The summed E-state index contributed by atoms with van der Waals surface area (Å²) in [6, 6.07) is 6.13. The van der Waals surface area contributed by atoms with Crippen molar-refractivity contribution in [3.05, 3.63) is 30.1 Å². The molecule has 3 N–H and O–H groups in total. The summed E-state index contributed by atoms with van der Waals surface area (Å²) in [4.78, 5) is 10.6. The SMILES string of the molecule is CC(CC(CN)CC(=O)O)Oc1ccccc1F. The number of nitrogens with two attached hydrogens (primary N) is 1. The molecule has 2 atom stereocenters. The number of carboxylic acids is 1. The van der Waals surface area contributed by atoms with Gasteiger partial charge in [-0.1, -0.05) is 12.1 Å². The first-order valence-corrected chi connectivity index (χ1v) is 5.86. The van der Waals surface area contributed by atoms with Crippen LogP contribution in [0.2, 0.25) is 0 Å². The molecule has 1 rings (SSSR count). The van der Waals surface area contributed by atoms with Crippen LogP contribution in [0.4, 0.5) is 4.39 Å². The van der Waals surface area contributed by atoms with E-state index in [1.807, 2.05) is 0 Å². The summed E-state index contributed by atoms with van der Waals surface area (Å²) >= 11 is 0. The monoisotopic (exact) mass is 255 g/mol. The molecule has 0 saturated heterocycles. The van der Waals surface area contributed by atoms with Crippen LogP contribution in [-0.4, -0.2) is 23.7 Å². The molecule has 0 amide bonds. The molecule has 1 aromatic rings. The van der Waals surface area contributed by atoms with Gasteiger partial charge in [-0.3, -0.25) is 4.79 Å². The van der Waals surface area contributed by atoms with E-state index in [1.54, 1.807) is 25.1 Å². The second kappa shape index (κ2) is 6.96. The van der Waals surface area contributed by atoms with E-state index in [9.17, 15) is 9.18 Å².